The van der Waals surface area contributed by atoms with E-state index in [0.29, 0.717) is 27.9 Å². The van der Waals surface area contributed by atoms with Crippen molar-refractivity contribution < 1.29 is 5.11 Å². The fourth-order valence-corrected chi connectivity index (χ4v) is 5.11. The van der Waals surface area contributed by atoms with Gasteiger partial charge in [0.1, 0.15) is 11.9 Å². The molecule has 0 aliphatic heterocycles. The number of nitrogen functional groups attached to an aromatic ring is 1. The number of nitriles is 1. The molecule has 0 saturated heterocycles. The Hall–Kier alpha value is -2.10. The standard InChI is InChI=1S/C18H20N4OS/c19-9-12-3-1-2-4-13(12)15(23)16-17(20)22-18(24-16)21-14-8-10-5-6-11(14)7-10/h1-4,10-11,14-15,23H,5-8,20H2,(H,21,22)/t10?,11?,14-,15?/m0/s1. The van der Waals surface area contributed by atoms with Gasteiger partial charge >= 0.3 is 0 Å². The molecule has 2 saturated carbocycles. The molecule has 1 aromatic carbocycles. The lowest BCUT2D eigenvalue weighted by Gasteiger charge is -2.22. The van der Waals surface area contributed by atoms with Crippen LogP contribution in [0.15, 0.2) is 24.3 Å². The molecule has 2 aliphatic carbocycles. The van der Waals surface area contributed by atoms with E-state index in [0.717, 1.165) is 17.0 Å². The summed E-state index contributed by atoms with van der Waals surface area (Å²) >= 11 is 1.39. The second-order valence-electron chi connectivity index (χ2n) is 6.80. The maximum atomic E-state index is 10.7. The summed E-state index contributed by atoms with van der Waals surface area (Å²) in [6.07, 6.45) is 4.27. The van der Waals surface area contributed by atoms with E-state index in [4.69, 9.17) is 5.73 Å². The minimum absolute atomic E-state index is 0.339. The molecule has 2 aromatic rings. The molecule has 124 valence electrons. The largest absolute Gasteiger partial charge is 0.383 e. The first-order valence-electron chi connectivity index (χ1n) is 8.35. The number of aliphatic hydroxyl groups is 1. The van der Waals surface area contributed by atoms with Crippen molar-refractivity contribution in [2.24, 2.45) is 11.8 Å². The number of thiazole rings is 1. The highest BCUT2D eigenvalue weighted by Gasteiger charge is 2.39. The van der Waals surface area contributed by atoms with E-state index in [-0.39, 0.29) is 0 Å². The first-order chi connectivity index (χ1) is 11.7. The number of anilines is 2. The molecule has 6 heteroatoms. The smallest absolute Gasteiger partial charge is 0.185 e. The summed E-state index contributed by atoms with van der Waals surface area (Å²) < 4.78 is 0. The number of aliphatic hydroxyl groups excluding tert-OH is 1. The molecule has 4 N–H and O–H groups in total. The van der Waals surface area contributed by atoms with Gasteiger partial charge in [-0.1, -0.05) is 36.0 Å². The van der Waals surface area contributed by atoms with Crippen molar-refractivity contribution in [3.63, 3.8) is 0 Å². The fraction of sp³-hybridized carbons (Fsp3) is 0.444. The van der Waals surface area contributed by atoms with Crippen LogP contribution in [-0.4, -0.2) is 16.1 Å². The summed E-state index contributed by atoms with van der Waals surface area (Å²) in [5.74, 6) is 1.94. The maximum Gasteiger partial charge on any atom is 0.185 e. The molecule has 2 bridgehead atoms. The van der Waals surface area contributed by atoms with Crippen molar-refractivity contribution in [2.75, 3.05) is 11.1 Å². The molecule has 0 radical (unpaired) electrons. The zero-order chi connectivity index (χ0) is 16.7. The number of benzene rings is 1. The molecule has 0 amide bonds. The number of aromatic nitrogens is 1. The second kappa shape index (κ2) is 6.08. The topological polar surface area (TPSA) is 95.0 Å². The van der Waals surface area contributed by atoms with E-state index in [1.165, 1.54) is 37.0 Å². The number of rotatable bonds is 4. The molecule has 3 unspecified atom stereocenters. The first kappa shape index (κ1) is 15.4. The predicted octanol–water partition coefficient (Wildman–Crippen LogP) is 3.28. The average molecular weight is 340 g/mol. The highest BCUT2D eigenvalue weighted by Crippen LogP contribution is 2.46. The van der Waals surface area contributed by atoms with Gasteiger partial charge in [0, 0.05) is 11.6 Å². The van der Waals surface area contributed by atoms with Crippen LogP contribution in [0.5, 0.6) is 0 Å². The lowest BCUT2D eigenvalue weighted by atomic mass is 9.96. The Bertz CT molecular complexity index is 797. The third-order valence-electron chi connectivity index (χ3n) is 5.35. The molecule has 5 nitrogen and oxygen atoms in total. The van der Waals surface area contributed by atoms with E-state index in [9.17, 15) is 10.4 Å². The molecule has 4 rings (SSSR count). The number of fused-ring (bicyclic) bond motifs is 2. The summed E-state index contributed by atoms with van der Waals surface area (Å²) in [4.78, 5) is 5.00. The van der Waals surface area contributed by atoms with Crippen LogP contribution in [0.1, 0.15) is 47.8 Å². The van der Waals surface area contributed by atoms with Gasteiger partial charge in [-0.05, 0) is 37.2 Å². The average Bonchev–Trinajstić information content (AvgIpc) is 3.30. The van der Waals surface area contributed by atoms with Crippen molar-refractivity contribution in [2.45, 2.75) is 37.8 Å². The van der Waals surface area contributed by atoms with Crippen LogP contribution in [0.3, 0.4) is 0 Å². The van der Waals surface area contributed by atoms with Crippen LogP contribution in [0, 0.1) is 23.2 Å². The minimum Gasteiger partial charge on any atom is -0.383 e. The fourth-order valence-electron chi connectivity index (χ4n) is 4.16. The number of hydrogen-bond acceptors (Lipinski definition) is 6. The summed E-state index contributed by atoms with van der Waals surface area (Å²) in [6, 6.07) is 9.64. The van der Waals surface area contributed by atoms with Crippen LogP contribution in [0.2, 0.25) is 0 Å². The Morgan fingerprint density at radius 3 is 2.88 bits per heavy atom. The number of nitrogens with zero attached hydrogens (tertiary/aromatic N) is 2. The van der Waals surface area contributed by atoms with Gasteiger partial charge in [-0.2, -0.15) is 5.26 Å². The molecule has 0 spiro atoms. The van der Waals surface area contributed by atoms with Gasteiger partial charge in [-0.15, -0.1) is 0 Å². The highest BCUT2D eigenvalue weighted by atomic mass is 32.1. The highest BCUT2D eigenvalue weighted by molar-refractivity contribution is 7.16. The number of hydrogen-bond donors (Lipinski definition) is 3. The predicted molar refractivity (Wildman–Crippen MR) is 94.6 cm³/mol. The van der Waals surface area contributed by atoms with E-state index in [1.54, 1.807) is 18.2 Å². The van der Waals surface area contributed by atoms with Gasteiger partial charge < -0.3 is 16.2 Å². The molecule has 24 heavy (non-hydrogen) atoms. The van der Waals surface area contributed by atoms with Crippen LogP contribution < -0.4 is 11.1 Å². The van der Waals surface area contributed by atoms with Crippen molar-refractivity contribution in [3.05, 3.63) is 40.3 Å². The summed E-state index contributed by atoms with van der Waals surface area (Å²) in [7, 11) is 0. The third kappa shape index (κ3) is 2.64. The van der Waals surface area contributed by atoms with Gasteiger partial charge in [0.25, 0.3) is 0 Å². The molecule has 1 aromatic heterocycles. The van der Waals surface area contributed by atoms with E-state index < -0.39 is 6.10 Å². The lowest BCUT2D eigenvalue weighted by molar-refractivity contribution is 0.224. The first-order valence-corrected chi connectivity index (χ1v) is 9.17. The number of nitrogens with one attached hydrogen (secondary N) is 1. The van der Waals surface area contributed by atoms with Gasteiger partial charge in [-0.3, -0.25) is 0 Å². The third-order valence-corrected chi connectivity index (χ3v) is 6.41. The van der Waals surface area contributed by atoms with Gasteiger partial charge in [0.05, 0.1) is 16.5 Å². The van der Waals surface area contributed by atoms with Gasteiger partial charge in [0.2, 0.25) is 0 Å². The zero-order valence-electron chi connectivity index (χ0n) is 13.3. The van der Waals surface area contributed by atoms with Crippen molar-refractivity contribution >= 4 is 22.3 Å². The van der Waals surface area contributed by atoms with Crippen LogP contribution >= 0.6 is 11.3 Å². The van der Waals surface area contributed by atoms with Crippen molar-refractivity contribution in [1.29, 1.82) is 5.26 Å². The Morgan fingerprint density at radius 1 is 1.33 bits per heavy atom. The lowest BCUT2D eigenvalue weighted by Crippen LogP contribution is -2.25. The molecule has 4 atom stereocenters. The molecule has 2 aliphatic rings. The summed E-state index contributed by atoms with van der Waals surface area (Å²) in [6.45, 7) is 0. The summed E-state index contributed by atoms with van der Waals surface area (Å²) in [5, 5.41) is 24.2. The molecule has 2 fully saturated rings. The second-order valence-corrected chi connectivity index (χ2v) is 7.83. The monoisotopic (exact) mass is 340 g/mol. The van der Waals surface area contributed by atoms with Crippen LogP contribution in [0.25, 0.3) is 0 Å². The van der Waals surface area contributed by atoms with E-state index in [1.807, 2.05) is 6.07 Å². The minimum atomic E-state index is -0.922. The Labute approximate surface area is 145 Å². The zero-order valence-corrected chi connectivity index (χ0v) is 14.1. The maximum absolute atomic E-state index is 10.7. The summed E-state index contributed by atoms with van der Waals surface area (Å²) in [5.41, 5.74) is 7.07. The van der Waals surface area contributed by atoms with Crippen molar-refractivity contribution in [3.8, 4) is 6.07 Å². The number of nitrogens with two attached hydrogens (primary N) is 1. The molecule has 1 heterocycles. The van der Waals surface area contributed by atoms with E-state index >= 15 is 0 Å². The Kier molecular flexibility index (Phi) is 3.91. The van der Waals surface area contributed by atoms with Gasteiger partial charge in [0.15, 0.2) is 5.13 Å². The van der Waals surface area contributed by atoms with Crippen LogP contribution in [-0.2, 0) is 0 Å². The normalized spacial score (nSPS) is 26.2. The van der Waals surface area contributed by atoms with Crippen LogP contribution in [0.4, 0.5) is 10.9 Å². The Morgan fingerprint density at radius 2 is 2.17 bits per heavy atom. The van der Waals surface area contributed by atoms with Crippen molar-refractivity contribution in [1.82, 2.24) is 4.98 Å². The quantitative estimate of drug-likeness (QED) is 0.794. The molecular formula is C18H20N4OS. The van der Waals surface area contributed by atoms with E-state index in [2.05, 4.69) is 16.4 Å². The molecular weight excluding hydrogens is 320 g/mol. The SMILES string of the molecule is N#Cc1ccccc1C(O)c1sc(N[C@H]2CC3CCC2C3)nc1N. The van der Waals surface area contributed by atoms with Gasteiger partial charge in [-0.25, -0.2) is 4.98 Å². The Balaban J connectivity index is 1.56.